The second-order valence-corrected chi connectivity index (χ2v) is 6.35. The van der Waals surface area contributed by atoms with E-state index in [2.05, 4.69) is 0 Å². The van der Waals surface area contributed by atoms with Crippen molar-refractivity contribution in [2.75, 3.05) is 20.2 Å². The Hall–Kier alpha value is -1.59. The summed E-state index contributed by atoms with van der Waals surface area (Å²) < 4.78 is 11.0. The van der Waals surface area contributed by atoms with Crippen molar-refractivity contribution < 1.29 is 14.3 Å². The van der Waals surface area contributed by atoms with Gasteiger partial charge in [0.15, 0.2) is 0 Å². The normalized spacial score (nSPS) is 20.9. The summed E-state index contributed by atoms with van der Waals surface area (Å²) in [6.45, 7) is 5.77. The van der Waals surface area contributed by atoms with Gasteiger partial charge >= 0.3 is 0 Å². The number of nitrogens with two attached hydrogens (primary N) is 1. The number of carbonyl (C=O) groups is 1. The summed E-state index contributed by atoms with van der Waals surface area (Å²) in [4.78, 5) is 14.4. The molecule has 1 saturated heterocycles. The molecular formula is C18H28N2O3. The van der Waals surface area contributed by atoms with Crippen molar-refractivity contribution in [1.82, 2.24) is 4.90 Å². The van der Waals surface area contributed by atoms with Crippen molar-refractivity contribution in [3.8, 4) is 5.75 Å². The summed E-state index contributed by atoms with van der Waals surface area (Å²) in [6, 6.07) is 7.82. The molecule has 0 aromatic heterocycles. The van der Waals surface area contributed by atoms with Crippen molar-refractivity contribution in [2.45, 2.75) is 45.4 Å². The Labute approximate surface area is 138 Å². The lowest BCUT2D eigenvalue weighted by Gasteiger charge is -2.35. The summed E-state index contributed by atoms with van der Waals surface area (Å²) in [7, 11) is 1.64. The number of rotatable bonds is 6. The van der Waals surface area contributed by atoms with Gasteiger partial charge in [0.05, 0.1) is 13.7 Å². The van der Waals surface area contributed by atoms with Crippen LogP contribution in [0.25, 0.3) is 0 Å². The summed E-state index contributed by atoms with van der Waals surface area (Å²) >= 11 is 0. The zero-order chi connectivity index (χ0) is 16.8. The molecule has 3 atom stereocenters. The Bertz CT molecular complexity index is 519. The molecule has 0 saturated carbocycles. The molecular weight excluding hydrogens is 292 g/mol. The van der Waals surface area contributed by atoms with Crippen molar-refractivity contribution in [2.24, 2.45) is 11.7 Å². The van der Waals surface area contributed by atoms with E-state index in [0.717, 1.165) is 37.2 Å². The number of ether oxygens (including phenoxy) is 2. The lowest BCUT2D eigenvalue weighted by Crippen LogP contribution is -2.48. The van der Waals surface area contributed by atoms with E-state index >= 15 is 0 Å². The Balaban J connectivity index is 1.87. The number of nitrogens with zero attached hydrogens (tertiary/aromatic N) is 1. The second kappa shape index (κ2) is 8.31. The SMILES string of the molecule is COc1cccc(COC(C)C(=O)N2CCCC(C(C)N)C2)c1. The van der Waals surface area contributed by atoms with Crippen molar-refractivity contribution in [3.05, 3.63) is 29.8 Å². The maximum atomic E-state index is 12.5. The highest BCUT2D eigenvalue weighted by Gasteiger charge is 2.28. The maximum Gasteiger partial charge on any atom is 0.251 e. The number of methoxy groups -OCH3 is 1. The van der Waals surface area contributed by atoms with Crippen LogP contribution in [0.3, 0.4) is 0 Å². The van der Waals surface area contributed by atoms with Gasteiger partial charge < -0.3 is 20.1 Å². The van der Waals surface area contributed by atoms with E-state index in [4.69, 9.17) is 15.2 Å². The van der Waals surface area contributed by atoms with E-state index in [1.54, 1.807) is 7.11 Å². The minimum atomic E-state index is -0.451. The van der Waals surface area contributed by atoms with E-state index in [1.165, 1.54) is 0 Å². The average Bonchev–Trinajstić information content (AvgIpc) is 2.59. The van der Waals surface area contributed by atoms with Crippen LogP contribution in [-0.4, -0.2) is 43.2 Å². The highest BCUT2D eigenvalue weighted by Crippen LogP contribution is 2.20. The van der Waals surface area contributed by atoms with Gasteiger partial charge in [0.25, 0.3) is 5.91 Å². The topological polar surface area (TPSA) is 64.8 Å². The first-order valence-corrected chi connectivity index (χ1v) is 8.30. The molecule has 0 spiro atoms. The van der Waals surface area contributed by atoms with Gasteiger partial charge in [-0.2, -0.15) is 0 Å². The Morgan fingerprint density at radius 2 is 2.22 bits per heavy atom. The summed E-state index contributed by atoms with van der Waals surface area (Å²) in [6.07, 6.45) is 1.66. The van der Waals surface area contributed by atoms with Crippen LogP contribution in [0.4, 0.5) is 0 Å². The highest BCUT2D eigenvalue weighted by molar-refractivity contribution is 5.80. The molecule has 23 heavy (non-hydrogen) atoms. The number of carbonyl (C=O) groups excluding carboxylic acids is 1. The molecule has 2 N–H and O–H groups in total. The molecule has 1 heterocycles. The summed E-state index contributed by atoms with van der Waals surface area (Å²) in [5.41, 5.74) is 6.98. The zero-order valence-corrected chi connectivity index (χ0v) is 14.3. The lowest BCUT2D eigenvalue weighted by atomic mass is 9.92. The molecule has 1 fully saturated rings. The molecule has 1 aromatic rings. The van der Waals surface area contributed by atoms with E-state index < -0.39 is 6.10 Å². The molecule has 1 aliphatic heterocycles. The van der Waals surface area contributed by atoms with Gasteiger partial charge in [-0.3, -0.25) is 4.79 Å². The zero-order valence-electron chi connectivity index (χ0n) is 14.3. The van der Waals surface area contributed by atoms with Gasteiger partial charge in [-0.05, 0) is 50.3 Å². The van der Waals surface area contributed by atoms with Gasteiger partial charge in [0.1, 0.15) is 11.9 Å². The Kier molecular flexibility index (Phi) is 6.42. The minimum absolute atomic E-state index is 0.0539. The molecule has 1 aromatic carbocycles. The molecule has 128 valence electrons. The monoisotopic (exact) mass is 320 g/mol. The summed E-state index contributed by atoms with van der Waals surface area (Å²) in [5, 5.41) is 0. The van der Waals surface area contributed by atoms with Gasteiger partial charge in [0, 0.05) is 19.1 Å². The number of amides is 1. The van der Waals surface area contributed by atoms with Gasteiger partial charge in [-0.1, -0.05) is 12.1 Å². The molecule has 0 aliphatic carbocycles. The van der Waals surface area contributed by atoms with Crippen LogP contribution in [0.5, 0.6) is 5.75 Å². The van der Waals surface area contributed by atoms with E-state index in [-0.39, 0.29) is 11.9 Å². The van der Waals surface area contributed by atoms with Crippen molar-refractivity contribution in [3.63, 3.8) is 0 Å². The molecule has 2 rings (SSSR count). The first-order valence-electron chi connectivity index (χ1n) is 8.30. The van der Waals surface area contributed by atoms with Gasteiger partial charge in [0.2, 0.25) is 0 Å². The smallest absolute Gasteiger partial charge is 0.251 e. The predicted molar refractivity (Wildman–Crippen MR) is 90.2 cm³/mol. The van der Waals surface area contributed by atoms with Crippen LogP contribution in [0.2, 0.25) is 0 Å². The fraction of sp³-hybridized carbons (Fsp3) is 0.611. The van der Waals surface area contributed by atoms with Crippen LogP contribution in [0, 0.1) is 5.92 Å². The fourth-order valence-corrected chi connectivity index (χ4v) is 2.95. The lowest BCUT2D eigenvalue weighted by molar-refractivity contribution is -0.145. The third kappa shape index (κ3) is 4.94. The molecule has 0 radical (unpaired) electrons. The largest absolute Gasteiger partial charge is 0.497 e. The number of hydrogen-bond acceptors (Lipinski definition) is 4. The number of benzene rings is 1. The van der Waals surface area contributed by atoms with Crippen LogP contribution in [-0.2, 0) is 16.1 Å². The number of piperidine rings is 1. The van der Waals surface area contributed by atoms with Gasteiger partial charge in [-0.15, -0.1) is 0 Å². The molecule has 1 amide bonds. The van der Waals surface area contributed by atoms with Crippen LogP contribution < -0.4 is 10.5 Å². The van der Waals surface area contributed by atoms with Crippen molar-refractivity contribution >= 4 is 5.91 Å². The summed E-state index contributed by atoms with van der Waals surface area (Å²) in [5.74, 6) is 1.23. The van der Waals surface area contributed by atoms with Crippen LogP contribution in [0.15, 0.2) is 24.3 Å². The second-order valence-electron chi connectivity index (χ2n) is 6.35. The number of likely N-dealkylation sites (tertiary alicyclic amines) is 1. The quantitative estimate of drug-likeness (QED) is 0.872. The fourth-order valence-electron chi connectivity index (χ4n) is 2.95. The average molecular weight is 320 g/mol. The maximum absolute atomic E-state index is 12.5. The van der Waals surface area contributed by atoms with Crippen LogP contribution >= 0.6 is 0 Å². The molecule has 1 aliphatic rings. The third-order valence-electron chi connectivity index (χ3n) is 4.50. The van der Waals surface area contributed by atoms with Gasteiger partial charge in [-0.25, -0.2) is 0 Å². The Morgan fingerprint density at radius 3 is 2.91 bits per heavy atom. The highest BCUT2D eigenvalue weighted by atomic mass is 16.5. The molecule has 3 unspecified atom stereocenters. The van der Waals surface area contributed by atoms with E-state index in [0.29, 0.717) is 12.5 Å². The standard InChI is InChI=1S/C18H28N2O3/c1-13(19)16-7-5-9-20(11-16)18(21)14(2)23-12-15-6-4-8-17(10-15)22-3/h4,6,8,10,13-14,16H,5,7,9,11-12,19H2,1-3H3. The predicted octanol–water partition coefficient (Wildman–Crippen LogP) is 2.19. The molecule has 5 nitrogen and oxygen atoms in total. The molecule has 0 bridgehead atoms. The molecule has 5 heteroatoms. The van der Waals surface area contributed by atoms with E-state index in [9.17, 15) is 4.79 Å². The van der Waals surface area contributed by atoms with Crippen molar-refractivity contribution in [1.29, 1.82) is 0 Å². The number of hydrogen-bond donors (Lipinski definition) is 1. The first-order chi connectivity index (χ1) is 11.0. The third-order valence-corrected chi connectivity index (χ3v) is 4.50. The van der Waals surface area contributed by atoms with E-state index in [1.807, 2.05) is 43.0 Å². The minimum Gasteiger partial charge on any atom is -0.497 e. The first kappa shape index (κ1) is 17.8. The Morgan fingerprint density at radius 1 is 1.43 bits per heavy atom. The van der Waals surface area contributed by atoms with Crippen LogP contribution in [0.1, 0.15) is 32.3 Å².